The van der Waals surface area contributed by atoms with E-state index in [0.717, 1.165) is 19.5 Å². The van der Waals surface area contributed by atoms with Crippen molar-refractivity contribution in [2.75, 3.05) is 23.7 Å². The molecule has 110 valence electrons. The minimum atomic E-state index is 1.09. The Morgan fingerprint density at radius 1 is 0.857 bits per heavy atom. The number of anilines is 2. The third-order valence-corrected chi connectivity index (χ3v) is 4.59. The fourth-order valence-corrected chi connectivity index (χ4v) is 3.72. The minimum Gasteiger partial charge on any atom is -0.384 e. The molecule has 0 aromatic heterocycles. The Kier molecular flexibility index (Phi) is 4.20. The molecule has 0 aliphatic carbocycles. The molecule has 2 N–H and O–H groups in total. The Hall–Kier alpha value is -1.48. The van der Waals surface area contributed by atoms with Crippen LogP contribution in [0.5, 0.6) is 0 Å². The Morgan fingerprint density at radius 2 is 1.52 bits per heavy atom. The quantitative estimate of drug-likeness (QED) is 0.724. The summed E-state index contributed by atoms with van der Waals surface area (Å²) < 4.78 is 1.19. The molecule has 0 unspecified atom stereocenters. The van der Waals surface area contributed by atoms with E-state index >= 15 is 0 Å². The summed E-state index contributed by atoms with van der Waals surface area (Å²) in [5, 5.41) is 6.74. The van der Waals surface area contributed by atoms with Crippen molar-refractivity contribution in [2.45, 2.75) is 26.7 Å². The van der Waals surface area contributed by atoms with Gasteiger partial charge in [0, 0.05) is 28.9 Å². The topological polar surface area (TPSA) is 24.1 Å². The molecule has 0 amide bonds. The maximum absolute atomic E-state index is 3.49. The fraction of sp³-hybridized carbons (Fsp3) is 0.333. The predicted octanol–water partition coefficient (Wildman–Crippen LogP) is 4.69. The average Bonchev–Trinajstić information content (AvgIpc) is 3.08. The van der Waals surface area contributed by atoms with E-state index in [0.29, 0.717) is 0 Å². The molecule has 2 aromatic carbocycles. The SMILES string of the molecule is Cc1cc(Br)cc2c1NCC2.Cc1cccc2c1NCC2. The number of para-hydroxylation sites is 1. The third kappa shape index (κ3) is 3.08. The summed E-state index contributed by atoms with van der Waals surface area (Å²) in [4.78, 5) is 0. The van der Waals surface area contributed by atoms with Gasteiger partial charge >= 0.3 is 0 Å². The number of halogens is 1. The van der Waals surface area contributed by atoms with Crippen LogP contribution in [0.25, 0.3) is 0 Å². The van der Waals surface area contributed by atoms with Gasteiger partial charge in [-0.15, -0.1) is 0 Å². The van der Waals surface area contributed by atoms with Crippen molar-refractivity contribution in [3.8, 4) is 0 Å². The van der Waals surface area contributed by atoms with Crippen molar-refractivity contribution in [3.05, 3.63) is 57.1 Å². The van der Waals surface area contributed by atoms with Gasteiger partial charge in [-0.3, -0.25) is 0 Å². The first kappa shape index (κ1) is 14.5. The second-order valence-corrected chi connectivity index (χ2v) is 6.64. The van der Waals surface area contributed by atoms with Crippen LogP contribution in [0.3, 0.4) is 0 Å². The number of benzene rings is 2. The first-order chi connectivity index (χ1) is 10.1. The van der Waals surface area contributed by atoms with Gasteiger partial charge in [0.05, 0.1) is 0 Å². The average molecular weight is 345 g/mol. The normalized spacial score (nSPS) is 14.4. The summed E-state index contributed by atoms with van der Waals surface area (Å²) in [6.07, 6.45) is 2.35. The lowest BCUT2D eigenvalue weighted by Crippen LogP contribution is -1.92. The third-order valence-electron chi connectivity index (χ3n) is 4.13. The van der Waals surface area contributed by atoms with Crippen molar-refractivity contribution in [3.63, 3.8) is 0 Å². The molecule has 0 bridgehead atoms. The second-order valence-electron chi connectivity index (χ2n) is 5.72. The van der Waals surface area contributed by atoms with E-state index in [1.54, 1.807) is 0 Å². The van der Waals surface area contributed by atoms with Crippen LogP contribution in [0.1, 0.15) is 22.3 Å². The Balaban J connectivity index is 0.000000126. The molecule has 2 nitrogen and oxygen atoms in total. The molecule has 0 saturated carbocycles. The van der Waals surface area contributed by atoms with Crippen LogP contribution in [0.15, 0.2) is 34.8 Å². The lowest BCUT2D eigenvalue weighted by atomic mass is 10.1. The summed E-state index contributed by atoms with van der Waals surface area (Å²) in [5.74, 6) is 0. The number of hydrogen-bond acceptors (Lipinski definition) is 2. The Morgan fingerprint density at radius 3 is 2.24 bits per heavy atom. The van der Waals surface area contributed by atoms with Crippen molar-refractivity contribution >= 4 is 27.3 Å². The molecular weight excluding hydrogens is 324 g/mol. The van der Waals surface area contributed by atoms with Gasteiger partial charge in [-0.05, 0) is 61.1 Å². The predicted molar refractivity (Wildman–Crippen MR) is 94.4 cm³/mol. The summed E-state index contributed by atoms with van der Waals surface area (Å²) in [7, 11) is 0. The van der Waals surface area contributed by atoms with Crippen LogP contribution in [0.2, 0.25) is 0 Å². The summed E-state index contributed by atoms with van der Waals surface area (Å²) in [6.45, 7) is 6.49. The maximum Gasteiger partial charge on any atom is 0.0404 e. The van der Waals surface area contributed by atoms with Crippen LogP contribution in [0.4, 0.5) is 11.4 Å². The molecule has 2 aliphatic heterocycles. The van der Waals surface area contributed by atoms with Gasteiger partial charge in [0.25, 0.3) is 0 Å². The van der Waals surface area contributed by atoms with Gasteiger partial charge in [-0.25, -0.2) is 0 Å². The molecule has 2 aliphatic rings. The Labute approximate surface area is 135 Å². The maximum atomic E-state index is 3.49. The molecule has 0 atom stereocenters. The first-order valence-electron chi connectivity index (χ1n) is 7.50. The number of hydrogen-bond donors (Lipinski definition) is 2. The Bertz CT molecular complexity index is 665. The largest absolute Gasteiger partial charge is 0.384 e. The van der Waals surface area contributed by atoms with Crippen molar-refractivity contribution in [2.24, 2.45) is 0 Å². The van der Waals surface area contributed by atoms with Gasteiger partial charge in [-0.2, -0.15) is 0 Å². The zero-order valence-corrected chi connectivity index (χ0v) is 14.2. The second kappa shape index (κ2) is 6.10. The van der Waals surface area contributed by atoms with Crippen molar-refractivity contribution in [1.29, 1.82) is 0 Å². The standard InChI is InChI=1S/C9H10BrN.C9H11N/c1-6-4-8(10)5-7-2-3-11-9(6)7;1-7-3-2-4-8-5-6-10-9(7)8/h4-5,11H,2-3H2,1H3;2-4,10H,5-6H2,1H3. The van der Waals surface area contributed by atoms with E-state index in [-0.39, 0.29) is 0 Å². The number of nitrogens with one attached hydrogen (secondary N) is 2. The molecule has 4 rings (SSSR count). The molecule has 0 saturated heterocycles. The summed E-state index contributed by atoms with van der Waals surface area (Å²) >= 11 is 3.49. The summed E-state index contributed by atoms with van der Waals surface area (Å²) in [5.41, 5.74) is 8.33. The molecular formula is C18H21BrN2. The van der Waals surface area contributed by atoms with E-state index in [4.69, 9.17) is 0 Å². The van der Waals surface area contributed by atoms with Crippen LogP contribution in [-0.2, 0) is 12.8 Å². The summed E-state index contributed by atoms with van der Waals surface area (Å²) in [6, 6.07) is 10.8. The van der Waals surface area contributed by atoms with E-state index in [9.17, 15) is 0 Å². The van der Waals surface area contributed by atoms with Crippen LogP contribution in [0, 0.1) is 13.8 Å². The minimum absolute atomic E-state index is 1.09. The molecule has 3 heteroatoms. The number of rotatable bonds is 0. The van der Waals surface area contributed by atoms with E-state index in [1.807, 2.05) is 0 Å². The molecule has 0 spiro atoms. The molecule has 0 fully saturated rings. The zero-order chi connectivity index (χ0) is 14.8. The van der Waals surface area contributed by atoms with Crippen LogP contribution >= 0.6 is 15.9 Å². The first-order valence-corrected chi connectivity index (χ1v) is 8.29. The van der Waals surface area contributed by atoms with E-state index in [1.165, 1.54) is 44.5 Å². The monoisotopic (exact) mass is 344 g/mol. The number of fused-ring (bicyclic) bond motifs is 2. The number of aryl methyl sites for hydroxylation is 2. The van der Waals surface area contributed by atoms with E-state index in [2.05, 4.69) is 70.7 Å². The van der Waals surface area contributed by atoms with Crippen LogP contribution in [-0.4, -0.2) is 13.1 Å². The van der Waals surface area contributed by atoms with Crippen LogP contribution < -0.4 is 10.6 Å². The molecule has 0 radical (unpaired) electrons. The zero-order valence-electron chi connectivity index (χ0n) is 12.6. The molecule has 21 heavy (non-hydrogen) atoms. The lowest BCUT2D eigenvalue weighted by Gasteiger charge is -2.04. The highest BCUT2D eigenvalue weighted by atomic mass is 79.9. The van der Waals surface area contributed by atoms with Gasteiger partial charge < -0.3 is 10.6 Å². The van der Waals surface area contributed by atoms with Gasteiger partial charge in [-0.1, -0.05) is 34.1 Å². The van der Waals surface area contributed by atoms with Gasteiger partial charge in [0.1, 0.15) is 0 Å². The molecule has 2 heterocycles. The highest BCUT2D eigenvalue weighted by Crippen LogP contribution is 2.29. The van der Waals surface area contributed by atoms with Crippen molar-refractivity contribution < 1.29 is 0 Å². The van der Waals surface area contributed by atoms with E-state index < -0.39 is 0 Å². The molecule has 2 aromatic rings. The van der Waals surface area contributed by atoms with Gasteiger partial charge in [0.15, 0.2) is 0 Å². The smallest absolute Gasteiger partial charge is 0.0404 e. The lowest BCUT2D eigenvalue weighted by molar-refractivity contribution is 1.10. The highest BCUT2D eigenvalue weighted by Gasteiger charge is 2.12. The fourth-order valence-electron chi connectivity index (χ4n) is 3.10. The highest BCUT2D eigenvalue weighted by molar-refractivity contribution is 9.10. The van der Waals surface area contributed by atoms with Crippen molar-refractivity contribution in [1.82, 2.24) is 0 Å². The van der Waals surface area contributed by atoms with Gasteiger partial charge in [0.2, 0.25) is 0 Å².